The molecule has 0 spiro atoms. The molecule has 2 aromatic rings. The summed E-state index contributed by atoms with van der Waals surface area (Å²) in [5.41, 5.74) is -0.638. The SMILES string of the molecule is COC(=O)c1c(F)cc(Br)cc1S(=O)(=O)c1ccc(Cl)cc1. The smallest absolute Gasteiger partial charge is 0.342 e. The maximum absolute atomic E-state index is 14.0. The van der Waals surface area contributed by atoms with Gasteiger partial charge in [-0.15, -0.1) is 0 Å². The van der Waals surface area contributed by atoms with Gasteiger partial charge >= 0.3 is 5.97 Å². The van der Waals surface area contributed by atoms with E-state index in [9.17, 15) is 17.6 Å². The molecule has 0 saturated carbocycles. The third-order valence-electron chi connectivity index (χ3n) is 2.82. The molecular formula is C14H9BrClFO4S. The Morgan fingerprint density at radius 1 is 1.23 bits per heavy atom. The van der Waals surface area contributed by atoms with Gasteiger partial charge in [0.05, 0.1) is 16.9 Å². The van der Waals surface area contributed by atoms with Crippen molar-refractivity contribution < 1.29 is 22.3 Å². The molecule has 2 aromatic carbocycles. The first-order valence-corrected chi connectivity index (χ1v) is 8.51. The molecule has 0 saturated heterocycles. The fourth-order valence-electron chi connectivity index (χ4n) is 1.80. The Balaban J connectivity index is 2.75. The van der Waals surface area contributed by atoms with Gasteiger partial charge in [-0.1, -0.05) is 27.5 Å². The summed E-state index contributed by atoms with van der Waals surface area (Å²) in [5, 5.41) is 0.354. The summed E-state index contributed by atoms with van der Waals surface area (Å²) < 4.78 is 44.0. The van der Waals surface area contributed by atoms with Gasteiger partial charge in [0.1, 0.15) is 11.4 Å². The van der Waals surface area contributed by atoms with Gasteiger partial charge < -0.3 is 4.74 Å². The average Bonchev–Trinajstić information content (AvgIpc) is 2.46. The van der Waals surface area contributed by atoms with Crippen molar-refractivity contribution in [3.63, 3.8) is 0 Å². The molecule has 116 valence electrons. The highest BCUT2D eigenvalue weighted by Crippen LogP contribution is 2.30. The van der Waals surface area contributed by atoms with Crippen LogP contribution in [-0.4, -0.2) is 21.5 Å². The highest BCUT2D eigenvalue weighted by Gasteiger charge is 2.28. The molecule has 0 unspecified atom stereocenters. The van der Waals surface area contributed by atoms with E-state index in [1.807, 2.05) is 0 Å². The number of esters is 1. The van der Waals surface area contributed by atoms with E-state index in [1.54, 1.807) is 0 Å². The zero-order chi connectivity index (χ0) is 16.5. The number of hydrogen-bond donors (Lipinski definition) is 0. The minimum absolute atomic E-state index is 0.112. The van der Waals surface area contributed by atoms with Crippen molar-refractivity contribution in [3.8, 4) is 0 Å². The highest BCUT2D eigenvalue weighted by molar-refractivity contribution is 9.10. The van der Waals surface area contributed by atoms with Gasteiger partial charge in [0.25, 0.3) is 0 Å². The van der Waals surface area contributed by atoms with Crippen molar-refractivity contribution in [2.24, 2.45) is 0 Å². The molecule has 2 rings (SSSR count). The van der Waals surface area contributed by atoms with Gasteiger partial charge in [0, 0.05) is 9.50 Å². The first-order chi connectivity index (χ1) is 10.3. The normalized spacial score (nSPS) is 11.3. The van der Waals surface area contributed by atoms with Crippen LogP contribution < -0.4 is 0 Å². The Morgan fingerprint density at radius 2 is 1.82 bits per heavy atom. The van der Waals surface area contributed by atoms with Crippen LogP contribution in [0.3, 0.4) is 0 Å². The number of benzene rings is 2. The van der Waals surface area contributed by atoms with Crippen LogP contribution in [0.4, 0.5) is 4.39 Å². The summed E-state index contributed by atoms with van der Waals surface area (Å²) in [4.78, 5) is 11.1. The van der Waals surface area contributed by atoms with Crippen LogP contribution in [-0.2, 0) is 14.6 Å². The average molecular weight is 408 g/mol. The number of sulfone groups is 1. The number of rotatable bonds is 3. The lowest BCUT2D eigenvalue weighted by atomic mass is 10.2. The second kappa shape index (κ2) is 6.36. The van der Waals surface area contributed by atoms with Gasteiger partial charge in [-0.25, -0.2) is 17.6 Å². The maximum atomic E-state index is 14.0. The van der Waals surface area contributed by atoms with E-state index in [4.69, 9.17) is 11.6 Å². The Morgan fingerprint density at radius 3 is 2.36 bits per heavy atom. The molecule has 0 bridgehead atoms. The summed E-state index contributed by atoms with van der Waals surface area (Å²) in [6.07, 6.45) is 0. The molecule has 0 fully saturated rings. The summed E-state index contributed by atoms with van der Waals surface area (Å²) in [5.74, 6) is -2.06. The van der Waals surface area contributed by atoms with Gasteiger partial charge in [-0.3, -0.25) is 0 Å². The Labute approximate surface area is 139 Å². The minimum Gasteiger partial charge on any atom is -0.465 e. The molecular weight excluding hydrogens is 399 g/mol. The zero-order valence-corrected chi connectivity index (χ0v) is 14.3. The topological polar surface area (TPSA) is 60.4 Å². The minimum atomic E-state index is -4.12. The molecule has 0 atom stereocenters. The van der Waals surface area contributed by atoms with E-state index in [2.05, 4.69) is 20.7 Å². The summed E-state index contributed by atoms with van der Waals surface area (Å²) >= 11 is 8.74. The van der Waals surface area contributed by atoms with Crippen LogP contribution in [0.15, 0.2) is 50.7 Å². The predicted molar refractivity (Wildman–Crippen MR) is 82.3 cm³/mol. The Kier molecular flexibility index (Phi) is 4.89. The third-order valence-corrected chi connectivity index (χ3v) is 5.33. The molecule has 0 aliphatic heterocycles. The Hall–Kier alpha value is -1.44. The van der Waals surface area contributed by atoms with Crippen molar-refractivity contribution in [1.82, 2.24) is 0 Å². The standard InChI is InChI=1S/C14H9BrClFO4S/c1-21-14(18)13-11(17)6-8(15)7-12(13)22(19,20)10-4-2-9(16)3-5-10/h2-7H,1H3. The molecule has 0 aliphatic rings. The van der Waals surface area contributed by atoms with Crippen molar-refractivity contribution in [1.29, 1.82) is 0 Å². The predicted octanol–water partition coefficient (Wildman–Crippen LogP) is 3.86. The van der Waals surface area contributed by atoms with Crippen LogP contribution in [0.5, 0.6) is 0 Å². The van der Waals surface area contributed by atoms with Gasteiger partial charge in [0.2, 0.25) is 9.84 Å². The summed E-state index contributed by atoms with van der Waals surface area (Å²) in [7, 11) is -3.07. The summed E-state index contributed by atoms with van der Waals surface area (Å²) in [6, 6.07) is 7.47. The van der Waals surface area contributed by atoms with E-state index in [-0.39, 0.29) is 9.37 Å². The first kappa shape index (κ1) is 16.9. The van der Waals surface area contributed by atoms with Gasteiger partial charge in [0.15, 0.2) is 0 Å². The molecule has 0 heterocycles. The van der Waals surface area contributed by atoms with Crippen molar-refractivity contribution in [2.75, 3.05) is 7.11 Å². The van der Waals surface area contributed by atoms with E-state index in [1.165, 1.54) is 24.3 Å². The maximum Gasteiger partial charge on any atom is 0.342 e. The van der Waals surface area contributed by atoms with Gasteiger partial charge in [-0.05, 0) is 36.4 Å². The lowest BCUT2D eigenvalue weighted by Gasteiger charge is -2.11. The van der Waals surface area contributed by atoms with Gasteiger partial charge in [-0.2, -0.15) is 0 Å². The monoisotopic (exact) mass is 406 g/mol. The molecule has 4 nitrogen and oxygen atoms in total. The molecule has 22 heavy (non-hydrogen) atoms. The van der Waals surface area contributed by atoms with Crippen molar-refractivity contribution >= 4 is 43.3 Å². The van der Waals surface area contributed by atoms with Crippen LogP contribution in [0.1, 0.15) is 10.4 Å². The quantitative estimate of drug-likeness (QED) is 0.725. The fraction of sp³-hybridized carbons (Fsp3) is 0.0714. The largest absolute Gasteiger partial charge is 0.465 e. The van der Waals surface area contributed by atoms with Crippen LogP contribution in [0.2, 0.25) is 5.02 Å². The number of carbonyl (C=O) groups is 1. The van der Waals surface area contributed by atoms with E-state index >= 15 is 0 Å². The summed E-state index contributed by atoms with van der Waals surface area (Å²) in [6.45, 7) is 0. The number of ether oxygens (including phenoxy) is 1. The number of halogens is 3. The van der Waals surface area contributed by atoms with E-state index in [0.29, 0.717) is 5.02 Å². The molecule has 0 radical (unpaired) electrons. The van der Waals surface area contributed by atoms with Crippen LogP contribution in [0, 0.1) is 5.82 Å². The molecule has 0 amide bonds. The lowest BCUT2D eigenvalue weighted by molar-refractivity contribution is 0.0590. The number of carbonyl (C=O) groups excluding carboxylic acids is 1. The fourth-order valence-corrected chi connectivity index (χ4v) is 3.99. The van der Waals surface area contributed by atoms with Crippen molar-refractivity contribution in [3.05, 3.63) is 57.3 Å². The van der Waals surface area contributed by atoms with Crippen LogP contribution >= 0.6 is 27.5 Å². The van der Waals surface area contributed by atoms with E-state index in [0.717, 1.165) is 19.2 Å². The molecule has 0 aromatic heterocycles. The first-order valence-electron chi connectivity index (χ1n) is 5.85. The number of methoxy groups -OCH3 is 1. The third kappa shape index (κ3) is 3.16. The highest BCUT2D eigenvalue weighted by atomic mass is 79.9. The number of hydrogen-bond acceptors (Lipinski definition) is 4. The van der Waals surface area contributed by atoms with E-state index < -0.39 is 32.1 Å². The lowest BCUT2D eigenvalue weighted by Crippen LogP contribution is -2.13. The molecule has 0 N–H and O–H groups in total. The second-order valence-electron chi connectivity index (χ2n) is 4.21. The molecule has 0 aliphatic carbocycles. The van der Waals surface area contributed by atoms with Crippen LogP contribution in [0.25, 0.3) is 0 Å². The zero-order valence-electron chi connectivity index (χ0n) is 11.1. The Bertz CT molecular complexity index is 835. The van der Waals surface area contributed by atoms with Crippen molar-refractivity contribution in [2.45, 2.75) is 9.79 Å². The molecule has 8 heteroatoms. The second-order valence-corrected chi connectivity index (χ2v) is 7.48.